The van der Waals surface area contributed by atoms with E-state index < -0.39 is 27.8 Å². The number of aryl methyl sites for hydroxylation is 1. The number of hydrogen-bond donors (Lipinski definition) is 2. The number of sulfonamides is 1. The van der Waals surface area contributed by atoms with Crippen molar-refractivity contribution in [3.63, 3.8) is 0 Å². The number of rotatable bonds is 5. The summed E-state index contributed by atoms with van der Waals surface area (Å²) in [5, 5.41) is 0.777. The summed E-state index contributed by atoms with van der Waals surface area (Å²) in [7, 11) is -3.94. The Kier molecular flexibility index (Phi) is 5.36. The van der Waals surface area contributed by atoms with E-state index in [1.807, 2.05) is 31.2 Å². The molecule has 0 saturated heterocycles. The van der Waals surface area contributed by atoms with Gasteiger partial charge in [-0.05, 0) is 48.4 Å². The van der Waals surface area contributed by atoms with Crippen LogP contribution in [0.3, 0.4) is 0 Å². The molecule has 1 aromatic heterocycles. The van der Waals surface area contributed by atoms with Crippen LogP contribution in [0.1, 0.15) is 28.3 Å². The van der Waals surface area contributed by atoms with E-state index >= 15 is 0 Å². The van der Waals surface area contributed by atoms with E-state index in [2.05, 4.69) is 9.71 Å². The van der Waals surface area contributed by atoms with Crippen LogP contribution in [-0.4, -0.2) is 13.4 Å². The Bertz CT molecular complexity index is 1310. The maximum atomic E-state index is 13.1. The van der Waals surface area contributed by atoms with Gasteiger partial charge in [0.15, 0.2) is 0 Å². The van der Waals surface area contributed by atoms with Crippen LogP contribution in [0.4, 0.5) is 13.2 Å². The van der Waals surface area contributed by atoms with Gasteiger partial charge in [0.2, 0.25) is 10.0 Å². The fourth-order valence-corrected chi connectivity index (χ4v) is 4.65. The van der Waals surface area contributed by atoms with Gasteiger partial charge in [-0.3, -0.25) is 0 Å². The lowest BCUT2D eigenvalue weighted by molar-refractivity contribution is -0.137. The number of nitrogens with one attached hydrogen (secondary N) is 2. The third-order valence-electron chi connectivity index (χ3n) is 5.11. The number of hydrogen-bond acceptors (Lipinski definition) is 2. The van der Waals surface area contributed by atoms with Crippen molar-refractivity contribution in [2.75, 3.05) is 0 Å². The predicted octanol–water partition coefficient (Wildman–Crippen LogP) is 5.56. The first-order valence-electron chi connectivity index (χ1n) is 9.47. The largest absolute Gasteiger partial charge is 0.416 e. The minimum absolute atomic E-state index is 0.0786. The van der Waals surface area contributed by atoms with Gasteiger partial charge in [-0.15, -0.1) is 0 Å². The molecule has 0 spiro atoms. The van der Waals surface area contributed by atoms with Crippen molar-refractivity contribution in [3.05, 3.63) is 101 Å². The Labute approximate surface area is 177 Å². The standard InChI is InChI=1S/C23H19F3N2O2S/c1-15-6-12-18(13-7-15)31(29,30)28-22(16-8-10-17(11-9-16)23(24,25)26)20-14-27-21-5-3-2-4-19(20)21/h2-14,22,27-28H,1H3/t22-/m1/s1. The number of aromatic nitrogens is 1. The molecule has 0 saturated carbocycles. The van der Waals surface area contributed by atoms with E-state index in [1.165, 1.54) is 24.3 Å². The number of H-pyrrole nitrogens is 1. The fraction of sp³-hybridized carbons (Fsp3) is 0.130. The van der Waals surface area contributed by atoms with Crippen LogP contribution in [0.15, 0.2) is 83.9 Å². The molecule has 1 atom stereocenters. The molecular formula is C23H19F3N2O2S. The summed E-state index contributed by atoms with van der Waals surface area (Å²) in [6, 6.07) is 17.3. The van der Waals surface area contributed by atoms with E-state index in [-0.39, 0.29) is 4.90 Å². The highest BCUT2D eigenvalue weighted by molar-refractivity contribution is 7.89. The van der Waals surface area contributed by atoms with Crippen molar-refractivity contribution in [1.82, 2.24) is 9.71 Å². The Balaban J connectivity index is 1.80. The first kappa shape index (κ1) is 21.1. The topological polar surface area (TPSA) is 62.0 Å². The van der Waals surface area contributed by atoms with Gasteiger partial charge in [0, 0.05) is 17.1 Å². The molecule has 160 valence electrons. The second-order valence-electron chi connectivity index (χ2n) is 7.28. The van der Waals surface area contributed by atoms with E-state index in [1.54, 1.807) is 18.3 Å². The maximum absolute atomic E-state index is 13.1. The molecule has 4 rings (SSSR count). The molecule has 2 N–H and O–H groups in total. The Morgan fingerprint density at radius 3 is 2.19 bits per heavy atom. The number of benzene rings is 3. The summed E-state index contributed by atoms with van der Waals surface area (Å²) in [5.74, 6) is 0. The summed E-state index contributed by atoms with van der Waals surface area (Å²) in [4.78, 5) is 3.17. The van der Waals surface area contributed by atoms with Gasteiger partial charge in [-0.1, -0.05) is 48.0 Å². The third kappa shape index (κ3) is 4.35. The molecule has 4 aromatic rings. The van der Waals surface area contributed by atoms with Gasteiger partial charge in [0.1, 0.15) is 0 Å². The van der Waals surface area contributed by atoms with Crippen LogP contribution in [0.2, 0.25) is 0 Å². The molecule has 0 bridgehead atoms. The van der Waals surface area contributed by atoms with Gasteiger partial charge < -0.3 is 4.98 Å². The highest BCUT2D eigenvalue weighted by Crippen LogP contribution is 2.34. The van der Waals surface area contributed by atoms with Crippen LogP contribution >= 0.6 is 0 Å². The SMILES string of the molecule is Cc1ccc(S(=O)(=O)N[C@H](c2ccc(C(F)(F)F)cc2)c2c[nH]c3ccccc23)cc1. The first-order valence-corrected chi connectivity index (χ1v) is 11.0. The van der Waals surface area contributed by atoms with Crippen LogP contribution in [0, 0.1) is 6.92 Å². The number of halogens is 3. The van der Waals surface area contributed by atoms with Gasteiger partial charge in [-0.2, -0.15) is 17.9 Å². The quantitative estimate of drug-likeness (QED) is 0.423. The van der Waals surface area contributed by atoms with Crippen molar-refractivity contribution in [2.24, 2.45) is 0 Å². The van der Waals surface area contributed by atoms with Crippen LogP contribution in [0.5, 0.6) is 0 Å². The fourth-order valence-electron chi connectivity index (χ4n) is 3.45. The molecule has 0 aliphatic carbocycles. The number of para-hydroxylation sites is 1. The zero-order valence-corrected chi connectivity index (χ0v) is 17.3. The van der Waals surface area contributed by atoms with Crippen molar-refractivity contribution >= 4 is 20.9 Å². The molecule has 3 aromatic carbocycles. The van der Waals surface area contributed by atoms with Crippen LogP contribution < -0.4 is 4.72 Å². The molecule has 1 heterocycles. The van der Waals surface area contributed by atoms with Gasteiger partial charge >= 0.3 is 6.18 Å². The summed E-state index contributed by atoms with van der Waals surface area (Å²) < 4.78 is 67.9. The Hall–Kier alpha value is -3.10. The molecule has 0 aliphatic heterocycles. The highest BCUT2D eigenvalue weighted by Gasteiger charge is 2.31. The predicted molar refractivity (Wildman–Crippen MR) is 113 cm³/mol. The minimum Gasteiger partial charge on any atom is -0.361 e. The van der Waals surface area contributed by atoms with E-state index in [9.17, 15) is 21.6 Å². The lowest BCUT2D eigenvalue weighted by atomic mass is 9.98. The number of aromatic amines is 1. The van der Waals surface area contributed by atoms with Gasteiger partial charge in [0.25, 0.3) is 0 Å². The monoisotopic (exact) mass is 444 g/mol. The average molecular weight is 444 g/mol. The second-order valence-corrected chi connectivity index (χ2v) is 8.99. The lowest BCUT2D eigenvalue weighted by Gasteiger charge is -2.20. The van der Waals surface area contributed by atoms with Gasteiger partial charge in [0.05, 0.1) is 16.5 Å². The zero-order chi connectivity index (χ0) is 22.2. The molecular weight excluding hydrogens is 425 g/mol. The van der Waals surface area contributed by atoms with Crippen LogP contribution in [0.25, 0.3) is 10.9 Å². The van der Waals surface area contributed by atoms with Crippen molar-refractivity contribution < 1.29 is 21.6 Å². The Morgan fingerprint density at radius 2 is 1.55 bits per heavy atom. The number of alkyl halides is 3. The average Bonchev–Trinajstić information content (AvgIpc) is 3.16. The van der Waals surface area contributed by atoms with E-state index in [0.717, 1.165) is 28.6 Å². The molecule has 0 fully saturated rings. The first-order chi connectivity index (χ1) is 14.6. The minimum atomic E-state index is -4.48. The lowest BCUT2D eigenvalue weighted by Crippen LogP contribution is -2.29. The maximum Gasteiger partial charge on any atom is 0.416 e. The van der Waals surface area contributed by atoms with Gasteiger partial charge in [-0.25, -0.2) is 8.42 Å². The molecule has 8 heteroatoms. The smallest absolute Gasteiger partial charge is 0.361 e. The number of fused-ring (bicyclic) bond motifs is 1. The van der Waals surface area contributed by atoms with Crippen molar-refractivity contribution in [1.29, 1.82) is 0 Å². The summed E-state index contributed by atoms with van der Waals surface area (Å²) in [6.07, 6.45) is -2.80. The summed E-state index contributed by atoms with van der Waals surface area (Å²) >= 11 is 0. The van der Waals surface area contributed by atoms with Crippen LogP contribution in [-0.2, 0) is 16.2 Å². The zero-order valence-electron chi connectivity index (χ0n) is 16.4. The van der Waals surface area contributed by atoms with E-state index in [0.29, 0.717) is 11.1 Å². The van der Waals surface area contributed by atoms with Crippen molar-refractivity contribution in [2.45, 2.75) is 24.0 Å². The second kappa shape index (κ2) is 7.86. The molecule has 0 amide bonds. The summed E-state index contributed by atoms with van der Waals surface area (Å²) in [5.41, 5.74) is 1.92. The Morgan fingerprint density at radius 1 is 0.903 bits per heavy atom. The molecule has 4 nitrogen and oxygen atoms in total. The van der Waals surface area contributed by atoms with E-state index in [4.69, 9.17) is 0 Å². The van der Waals surface area contributed by atoms with Crippen molar-refractivity contribution in [3.8, 4) is 0 Å². The normalized spacial score (nSPS) is 13.4. The third-order valence-corrected chi connectivity index (χ3v) is 6.55. The molecule has 0 radical (unpaired) electrons. The molecule has 31 heavy (non-hydrogen) atoms. The summed E-state index contributed by atoms with van der Waals surface area (Å²) in [6.45, 7) is 1.85. The highest BCUT2D eigenvalue weighted by atomic mass is 32.2. The molecule has 0 aliphatic rings. The molecule has 0 unspecified atom stereocenters.